The number of hydrogen-bond donors (Lipinski definition) is 0. The molecule has 0 aliphatic carbocycles. The van der Waals surface area contributed by atoms with Gasteiger partial charge in [-0.2, -0.15) is 0 Å². The van der Waals surface area contributed by atoms with Gasteiger partial charge < -0.3 is 4.74 Å². The summed E-state index contributed by atoms with van der Waals surface area (Å²) in [5, 5.41) is 3.16. The van der Waals surface area contributed by atoms with Crippen molar-refractivity contribution in [2.24, 2.45) is 5.18 Å². The van der Waals surface area contributed by atoms with E-state index in [1.807, 2.05) is 37.3 Å². The number of nitrogens with zero attached hydrogens (tertiary/aromatic N) is 2. The zero-order valence-corrected chi connectivity index (χ0v) is 12.9. The van der Waals surface area contributed by atoms with E-state index in [0.29, 0.717) is 12.2 Å². The van der Waals surface area contributed by atoms with Gasteiger partial charge >= 0.3 is 5.97 Å². The van der Waals surface area contributed by atoms with Crippen LogP contribution in [0.5, 0.6) is 0 Å². The average Bonchev–Trinajstić information content (AvgIpc) is 2.93. The highest BCUT2D eigenvalue weighted by molar-refractivity contribution is 5.90. The van der Waals surface area contributed by atoms with Crippen LogP contribution < -0.4 is 0 Å². The van der Waals surface area contributed by atoms with Gasteiger partial charge in [-0.25, -0.2) is 4.79 Å². The van der Waals surface area contributed by atoms with Gasteiger partial charge in [0.25, 0.3) is 0 Å². The van der Waals surface area contributed by atoms with Crippen molar-refractivity contribution in [2.45, 2.75) is 13.8 Å². The Kier molecular flexibility index (Phi) is 3.93. The largest absolute Gasteiger partial charge is 0.462 e. The third-order valence-electron chi connectivity index (χ3n) is 3.70. The smallest absolute Gasteiger partial charge is 0.339 e. The van der Waals surface area contributed by atoms with Gasteiger partial charge in [-0.3, -0.25) is 4.40 Å². The second kappa shape index (κ2) is 6.04. The maximum absolute atomic E-state index is 11.9. The van der Waals surface area contributed by atoms with Crippen LogP contribution in [0.1, 0.15) is 22.8 Å². The van der Waals surface area contributed by atoms with Crippen LogP contribution in [0.25, 0.3) is 16.6 Å². The Morgan fingerprint density at radius 2 is 1.91 bits per heavy atom. The number of carbonyl (C=O) groups excluding carboxylic acids is 1. The summed E-state index contributed by atoms with van der Waals surface area (Å²) < 4.78 is 6.61. The first-order valence-corrected chi connectivity index (χ1v) is 7.36. The molecule has 116 valence electrons. The van der Waals surface area contributed by atoms with Crippen molar-refractivity contribution < 1.29 is 9.53 Å². The fourth-order valence-electron chi connectivity index (χ4n) is 2.53. The Bertz CT molecular complexity index is 879. The minimum absolute atomic E-state index is 0.273. The first kappa shape index (κ1) is 15.0. The quantitative estimate of drug-likeness (QED) is 0.527. The van der Waals surface area contributed by atoms with Gasteiger partial charge in [0.2, 0.25) is 0 Å². The van der Waals surface area contributed by atoms with Crippen LogP contribution >= 0.6 is 0 Å². The predicted molar refractivity (Wildman–Crippen MR) is 89.0 cm³/mol. The first-order valence-electron chi connectivity index (χ1n) is 7.36. The van der Waals surface area contributed by atoms with Gasteiger partial charge in [-0.15, -0.1) is 4.91 Å². The molecular weight excluding hydrogens is 292 g/mol. The van der Waals surface area contributed by atoms with E-state index in [2.05, 4.69) is 5.18 Å². The molecule has 3 aromatic rings. The maximum Gasteiger partial charge on any atom is 0.339 e. The second-order valence-electron chi connectivity index (χ2n) is 5.27. The number of esters is 1. The summed E-state index contributed by atoms with van der Waals surface area (Å²) in [7, 11) is 0. The van der Waals surface area contributed by atoms with E-state index in [1.54, 1.807) is 29.7 Å². The number of pyridine rings is 1. The minimum Gasteiger partial charge on any atom is -0.462 e. The summed E-state index contributed by atoms with van der Waals surface area (Å²) in [5.74, 6) is -0.146. The van der Waals surface area contributed by atoms with E-state index < -0.39 is 5.97 Å². The molecule has 0 bridgehead atoms. The first-order chi connectivity index (χ1) is 11.1. The van der Waals surface area contributed by atoms with E-state index in [4.69, 9.17) is 4.74 Å². The number of nitroso groups, excluding NO2 is 1. The minimum atomic E-state index is -0.420. The molecule has 1 aromatic carbocycles. The lowest BCUT2D eigenvalue weighted by atomic mass is 10.1. The van der Waals surface area contributed by atoms with Crippen molar-refractivity contribution in [2.75, 3.05) is 6.61 Å². The number of aryl methyl sites for hydroxylation is 1. The molecule has 2 aromatic heterocycles. The van der Waals surface area contributed by atoms with Gasteiger partial charge in [0.1, 0.15) is 0 Å². The van der Waals surface area contributed by atoms with Gasteiger partial charge in [-0.05, 0) is 42.8 Å². The summed E-state index contributed by atoms with van der Waals surface area (Å²) in [6.07, 6.45) is 1.59. The topological polar surface area (TPSA) is 60.1 Å². The molecule has 0 aliphatic rings. The van der Waals surface area contributed by atoms with Crippen LogP contribution in [0.15, 0.2) is 53.8 Å². The van der Waals surface area contributed by atoms with E-state index in [-0.39, 0.29) is 5.82 Å². The van der Waals surface area contributed by atoms with E-state index in [9.17, 15) is 9.70 Å². The van der Waals surface area contributed by atoms with Crippen LogP contribution in [0.2, 0.25) is 0 Å². The zero-order valence-electron chi connectivity index (χ0n) is 12.9. The van der Waals surface area contributed by atoms with Crippen molar-refractivity contribution >= 4 is 17.3 Å². The molecule has 3 rings (SSSR count). The molecule has 0 saturated carbocycles. The summed E-state index contributed by atoms with van der Waals surface area (Å²) in [6, 6.07) is 13.2. The second-order valence-corrected chi connectivity index (χ2v) is 5.27. The lowest BCUT2D eigenvalue weighted by Gasteiger charge is -2.03. The highest BCUT2D eigenvalue weighted by Gasteiger charge is 2.15. The van der Waals surface area contributed by atoms with Crippen molar-refractivity contribution in [3.8, 4) is 11.1 Å². The van der Waals surface area contributed by atoms with Crippen molar-refractivity contribution in [3.05, 3.63) is 64.7 Å². The standard InChI is InChI=1S/C18H16N2O3/c1-3-23-18(21)14-8-9-15-10-16(17(19-22)20(15)11-14)13-6-4-12(2)5-7-13/h4-11H,3H2,1-2H3. The highest BCUT2D eigenvalue weighted by atomic mass is 16.5. The van der Waals surface area contributed by atoms with Gasteiger partial charge in [0.15, 0.2) is 5.82 Å². The third-order valence-corrected chi connectivity index (χ3v) is 3.70. The predicted octanol–water partition coefficient (Wildman–Crippen LogP) is 4.49. The molecule has 0 saturated heterocycles. The van der Waals surface area contributed by atoms with E-state index in [1.165, 1.54) is 0 Å². The van der Waals surface area contributed by atoms with E-state index >= 15 is 0 Å². The average molecular weight is 308 g/mol. The molecule has 0 radical (unpaired) electrons. The number of ether oxygens (including phenoxy) is 1. The molecule has 23 heavy (non-hydrogen) atoms. The van der Waals surface area contributed by atoms with Gasteiger partial charge in [0, 0.05) is 17.3 Å². The molecule has 0 N–H and O–H groups in total. The van der Waals surface area contributed by atoms with Crippen LogP contribution in [0, 0.1) is 11.8 Å². The fourth-order valence-corrected chi connectivity index (χ4v) is 2.53. The normalized spacial score (nSPS) is 10.7. The lowest BCUT2D eigenvalue weighted by molar-refractivity contribution is 0.0526. The molecule has 0 amide bonds. The Morgan fingerprint density at radius 1 is 1.17 bits per heavy atom. The van der Waals surface area contributed by atoms with E-state index in [0.717, 1.165) is 22.2 Å². The molecule has 0 unspecified atom stereocenters. The molecule has 0 spiro atoms. The Labute approximate surface area is 133 Å². The molecule has 5 heteroatoms. The summed E-state index contributed by atoms with van der Waals surface area (Å²) >= 11 is 0. The number of rotatable bonds is 4. The molecule has 2 heterocycles. The molecule has 0 fully saturated rings. The SMILES string of the molecule is CCOC(=O)c1ccc2cc(-c3ccc(C)cc3)c(N=O)n2c1. The number of benzene rings is 1. The number of fused-ring (bicyclic) bond motifs is 1. The molecule has 0 atom stereocenters. The summed E-state index contributed by atoms with van der Waals surface area (Å²) in [5.41, 5.74) is 3.97. The highest BCUT2D eigenvalue weighted by Crippen LogP contribution is 2.34. The number of aromatic nitrogens is 1. The lowest BCUT2D eigenvalue weighted by Crippen LogP contribution is -2.05. The van der Waals surface area contributed by atoms with Crippen molar-refractivity contribution in [1.82, 2.24) is 4.40 Å². The monoisotopic (exact) mass is 308 g/mol. The molecular formula is C18H16N2O3. The van der Waals surface area contributed by atoms with Crippen LogP contribution in [-0.2, 0) is 4.74 Å². The van der Waals surface area contributed by atoms with Gasteiger partial charge in [0.05, 0.1) is 12.2 Å². The molecule has 0 aliphatic heterocycles. The van der Waals surface area contributed by atoms with Crippen molar-refractivity contribution in [1.29, 1.82) is 0 Å². The Morgan fingerprint density at radius 3 is 2.57 bits per heavy atom. The number of hydrogen-bond acceptors (Lipinski definition) is 4. The van der Waals surface area contributed by atoms with Gasteiger partial charge in [-0.1, -0.05) is 29.8 Å². The van der Waals surface area contributed by atoms with Crippen LogP contribution in [-0.4, -0.2) is 17.0 Å². The summed E-state index contributed by atoms with van der Waals surface area (Å²) in [6.45, 7) is 4.06. The van der Waals surface area contributed by atoms with Crippen LogP contribution in [0.3, 0.4) is 0 Å². The number of carbonyl (C=O) groups is 1. The van der Waals surface area contributed by atoms with Crippen molar-refractivity contribution in [3.63, 3.8) is 0 Å². The maximum atomic E-state index is 11.9. The zero-order chi connectivity index (χ0) is 16.4. The third kappa shape index (κ3) is 2.73. The van der Waals surface area contributed by atoms with Crippen LogP contribution in [0.4, 0.5) is 5.82 Å². The fraction of sp³-hybridized carbons (Fsp3) is 0.167. The Balaban J connectivity index is 2.15. The molecule has 5 nitrogen and oxygen atoms in total. The summed E-state index contributed by atoms with van der Waals surface area (Å²) in [4.78, 5) is 23.2. The Hall–Kier alpha value is -2.95.